The van der Waals surface area contributed by atoms with E-state index >= 15 is 0 Å². The van der Waals surface area contributed by atoms with Gasteiger partial charge in [0.25, 0.3) is 5.56 Å². The van der Waals surface area contributed by atoms with Gasteiger partial charge in [-0.3, -0.25) is 9.59 Å². The molecule has 170 valence electrons. The predicted molar refractivity (Wildman–Crippen MR) is 130 cm³/mol. The largest absolute Gasteiger partial charge is 0.350 e. The average Bonchev–Trinajstić information content (AvgIpc) is 3.20. The molecule has 0 radical (unpaired) electrons. The molecule has 2 heterocycles. The number of aromatic nitrogens is 4. The molecule has 7 heteroatoms. The fourth-order valence-corrected chi connectivity index (χ4v) is 4.15. The molecule has 33 heavy (non-hydrogen) atoms. The van der Waals surface area contributed by atoms with Gasteiger partial charge in [-0.1, -0.05) is 56.3 Å². The Hall–Kier alpha value is -3.74. The third kappa shape index (κ3) is 4.31. The monoisotopic (exact) mass is 443 g/mol. The van der Waals surface area contributed by atoms with Crippen molar-refractivity contribution in [2.24, 2.45) is 0 Å². The number of nitrogens with one attached hydrogen (secondary N) is 1. The molecule has 0 aliphatic rings. The van der Waals surface area contributed by atoms with Gasteiger partial charge < -0.3 is 5.32 Å². The highest BCUT2D eigenvalue weighted by molar-refractivity contribution is 5.84. The van der Waals surface area contributed by atoms with Crippen LogP contribution in [0.15, 0.2) is 59.4 Å². The standard InChI is InChI=1S/C26H29N5O2/c1-5-19-12-14-20(15-13-19)16-27-25(32)22(6-2)31-26(33)24-23(17(3)28-31)18(4)30(29-24)21-10-8-7-9-11-21/h7-15,22H,5-6,16H2,1-4H3,(H,27,32)/t22-/m1/s1. The first kappa shape index (κ1) is 22.5. The molecule has 0 aliphatic heterocycles. The summed E-state index contributed by atoms with van der Waals surface area (Å²) in [4.78, 5) is 26.4. The minimum absolute atomic E-state index is 0.232. The van der Waals surface area contributed by atoms with E-state index in [1.165, 1.54) is 10.2 Å². The van der Waals surface area contributed by atoms with E-state index in [2.05, 4.69) is 34.6 Å². The van der Waals surface area contributed by atoms with Crippen molar-refractivity contribution in [3.63, 3.8) is 0 Å². The van der Waals surface area contributed by atoms with Crippen molar-refractivity contribution in [2.75, 3.05) is 0 Å². The van der Waals surface area contributed by atoms with Crippen molar-refractivity contribution in [2.45, 2.75) is 53.1 Å². The number of para-hydroxylation sites is 1. The van der Waals surface area contributed by atoms with Crippen LogP contribution in [0.25, 0.3) is 16.6 Å². The van der Waals surface area contributed by atoms with Crippen molar-refractivity contribution in [1.82, 2.24) is 24.9 Å². The second-order valence-corrected chi connectivity index (χ2v) is 8.20. The lowest BCUT2D eigenvalue weighted by atomic mass is 10.1. The maximum Gasteiger partial charge on any atom is 0.295 e. The number of nitrogens with zero attached hydrogens (tertiary/aromatic N) is 4. The van der Waals surface area contributed by atoms with Crippen molar-refractivity contribution in [3.8, 4) is 5.69 Å². The van der Waals surface area contributed by atoms with Gasteiger partial charge in [-0.15, -0.1) is 0 Å². The van der Waals surface area contributed by atoms with E-state index in [0.717, 1.165) is 28.8 Å². The number of fused-ring (bicyclic) bond motifs is 1. The first-order valence-corrected chi connectivity index (χ1v) is 11.3. The number of rotatable bonds is 7. The number of hydrogen-bond donors (Lipinski definition) is 1. The third-order valence-corrected chi connectivity index (χ3v) is 6.03. The first-order valence-electron chi connectivity index (χ1n) is 11.3. The summed E-state index contributed by atoms with van der Waals surface area (Å²) in [5.41, 5.74) is 4.62. The van der Waals surface area contributed by atoms with Crippen molar-refractivity contribution >= 4 is 16.8 Å². The number of amides is 1. The lowest BCUT2D eigenvalue weighted by molar-refractivity contribution is -0.125. The van der Waals surface area contributed by atoms with Crippen LogP contribution in [0.1, 0.15) is 48.8 Å². The topological polar surface area (TPSA) is 81.8 Å². The van der Waals surface area contributed by atoms with Crippen molar-refractivity contribution in [1.29, 1.82) is 0 Å². The van der Waals surface area contributed by atoms with Gasteiger partial charge in [0.1, 0.15) is 6.04 Å². The lowest BCUT2D eigenvalue weighted by Crippen LogP contribution is -2.38. The van der Waals surface area contributed by atoms with Crippen LogP contribution < -0.4 is 10.9 Å². The number of hydrogen-bond acceptors (Lipinski definition) is 4. The number of carbonyl (C=O) groups is 1. The van der Waals surface area contributed by atoms with E-state index < -0.39 is 6.04 Å². The van der Waals surface area contributed by atoms with Gasteiger partial charge in [-0.2, -0.15) is 10.2 Å². The Morgan fingerprint density at radius 2 is 1.64 bits per heavy atom. The fraction of sp³-hybridized carbons (Fsp3) is 0.308. The molecule has 0 aliphatic carbocycles. The van der Waals surface area contributed by atoms with Gasteiger partial charge in [0.05, 0.1) is 22.5 Å². The van der Waals surface area contributed by atoms with Gasteiger partial charge >= 0.3 is 0 Å². The summed E-state index contributed by atoms with van der Waals surface area (Å²) >= 11 is 0. The molecular weight excluding hydrogens is 414 g/mol. The molecule has 2 aromatic carbocycles. The molecule has 0 spiro atoms. The highest BCUT2D eigenvalue weighted by Gasteiger charge is 2.25. The van der Waals surface area contributed by atoms with Crippen LogP contribution in [0.4, 0.5) is 0 Å². The molecule has 1 amide bonds. The van der Waals surface area contributed by atoms with Crippen LogP contribution in [0.2, 0.25) is 0 Å². The summed E-state index contributed by atoms with van der Waals surface area (Å²) < 4.78 is 3.04. The summed E-state index contributed by atoms with van der Waals surface area (Å²) in [6.45, 7) is 8.16. The van der Waals surface area contributed by atoms with E-state index in [1.807, 2.05) is 63.2 Å². The van der Waals surface area contributed by atoms with E-state index in [4.69, 9.17) is 0 Å². The summed E-state index contributed by atoms with van der Waals surface area (Å²) in [6, 6.07) is 17.1. The first-order chi connectivity index (χ1) is 15.9. The Balaban J connectivity index is 1.66. The molecule has 0 saturated carbocycles. The van der Waals surface area contributed by atoms with Crippen LogP contribution in [0, 0.1) is 13.8 Å². The SMILES string of the molecule is CCc1ccc(CNC(=O)[C@@H](CC)n2nc(C)c3c(C)n(-c4ccccc4)nc3c2=O)cc1. The molecular formula is C26H29N5O2. The molecule has 0 bridgehead atoms. The highest BCUT2D eigenvalue weighted by Crippen LogP contribution is 2.22. The zero-order chi connectivity index (χ0) is 23.5. The smallest absolute Gasteiger partial charge is 0.295 e. The average molecular weight is 444 g/mol. The van der Waals surface area contributed by atoms with E-state index in [9.17, 15) is 9.59 Å². The second kappa shape index (κ2) is 9.40. The van der Waals surface area contributed by atoms with Crippen molar-refractivity contribution in [3.05, 3.63) is 87.5 Å². The summed E-state index contributed by atoms with van der Waals surface area (Å²) in [5.74, 6) is -0.232. The van der Waals surface area contributed by atoms with Crippen LogP contribution in [-0.2, 0) is 17.8 Å². The molecule has 4 aromatic rings. The van der Waals surface area contributed by atoms with Crippen LogP contribution in [-0.4, -0.2) is 25.5 Å². The molecule has 0 saturated heterocycles. The quantitative estimate of drug-likeness (QED) is 0.468. The van der Waals surface area contributed by atoms with Crippen LogP contribution in [0.3, 0.4) is 0 Å². The zero-order valence-corrected chi connectivity index (χ0v) is 19.5. The Bertz CT molecular complexity index is 1340. The normalized spacial score (nSPS) is 12.1. The second-order valence-electron chi connectivity index (χ2n) is 8.20. The van der Waals surface area contributed by atoms with Crippen LogP contribution >= 0.6 is 0 Å². The van der Waals surface area contributed by atoms with Gasteiger partial charge in [-0.25, -0.2) is 9.36 Å². The van der Waals surface area contributed by atoms with E-state index in [-0.39, 0.29) is 11.5 Å². The van der Waals surface area contributed by atoms with Crippen molar-refractivity contribution < 1.29 is 4.79 Å². The Labute approximate surface area is 193 Å². The maximum absolute atomic E-state index is 13.4. The fourth-order valence-electron chi connectivity index (χ4n) is 4.15. The molecule has 1 N–H and O–H groups in total. The zero-order valence-electron chi connectivity index (χ0n) is 19.5. The van der Waals surface area contributed by atoms with E-state index in [1.54, 1.807) is 4.68 Å². The minimum atomic E-state index is -0.710. The van der Waals surface area contributed by atoms with Gasteiger partial charge in [0, 0.05) is 6.54 Å². The minimum Gasteiger partial charge on any atom is -0.350 e. The number of carbonyl (C=O) groups excluding carboxylic acids is 1. The lowest BCUT2D eigenvalue weighted by Gasteiger charge is -2.17. The maximum atomic E-state index is 13.4. The molecule has 1 atom stereocenters. The van der Waals surface area contributed by atoms with Gasteiger partial charge in [0.2, 0.25) is 5.91 Å². The van der Waals surface area contributed by atoms with Crippen LogP contribution in [0.5, 0.6) is 0 Å². The van der Waals surface area contributed by atoms with Gasteiger partial charge in [0.15, 0.2) is 5.52 Å². The number of aryl methyl sites for hydroxylation is 3. The Morgan fingerprint density at radius 1 is 0.970 bits per heavy atom. The summed E-state index contributed by atoms with van der Waals surface area (Å²) in [5, 5.41) is 12.8. The Morgan fingerprint density at radius 3 is 2.27 bits per heavy atom. The van der Waals surface area contributed by atoms with Gasteiger partial charge in [-0.05, 0) is 49.9 Å². The third-order valence-electron chi connectivity index (χ3n) is 6.03. The number of benzene rings is 2. The Kier molecular flexibility index (Phi) is 6.40. The molecule has 0 fully saturated rings. The molecule has 7 nitrogen and oxygen atoms in total. The summed E-state index contributed by atoms with van der Waals surface area (Å²) in [7, 11) is 0. The molecule has 2 aromatic heterocycles. The summed E-state index contributed by atoms with van der Waals surface area (Å²) in [6.07, 6.45) is 1.41. The molecule has 4 rings (SSSR count). The predicted octanol–water partition coefficient (Wildman–Crippen LogP) is 4.03. The van der Waals surface area contributed by atoms with E-state index in [0.29, 0.717) is 24.2 Å². The molecule has 0 unspecified atom stereocenters. The highest BCUT2D eigenvalue weighted by atomic mass is 16.2.